The van der Waals surface area contributed by atoms with Crippen LogP contribution in [0.1, 0.15) is 39.9 Å². The van der Waals surface area contributed by atoms with Crippen molar-refractivity contribution in [1.29, 1.82) is 0 Å². The number of benzene rings is 3. The average Bonchev–Trinajstić information content (AvgIpc) is 3.73. The number of rotatable bonds is 10. The van der Waals surface area contributed by atoms with Gasteiger partial charge in [0.05, 0.1) is 17.1 Å². The van der Waals surface area contributed by atoms with Crippen molar-refractivity contribution in [3.63, 3.8) is 0 Å². The first kappa shape index (κ1) is 37.7. The van der Waals surface area contributed by atoms with Crippen molar-refractivity contribution < 1.29 is 58.6 Å². The third kappa shape index (κ3) is 8.12. The Balaban J connectivity index is 1.24. The Bertz CT molecular complexity index is 2260. The molecule has 1 aliphatic carbocycles. The van der Waals surface area contributed by atoms with Crippen LogP contribution in [-0.4, -0.2) is 62.2 Å². The molecule has 1 aromatic heterocycles. The quantitative estimate of drug-likeness (QED) is 0.149. The van der Waals surface area contributed by atoms with E-state index in [1.54, 1.807) is 23.8 Å². The van der Waals surface area contributed by atoms with Gasteiger partial charge in [0.25, 0.3) is 15.9 Å². The number of ether oxygens (including phenoxy) is 2. The van der Waals surface area contributed by atoms with E-state index < -0.39 is 75.9 Å². The van der Waals surface area contributed by atoms with Crippen molar-refractivity contribution in [2.24, 2.45) is 0 Å². The molecular formula is C34H27ClF6N4O7S. The first-order valence-corrected chi connectivity index (χ1v) is 17.5. The van der Waals surface area contributed by atoms with Gasteiger partial charge < -0.3 is 19.7 Å². The highest BCUT2D eigenvalue weighted by molar-refractivity contribution is 7.90. The summed E-state index contributed by atoms with van der Waals surface area (Å²) < 4.78 is 117. The minimum absolute atomic E-state index is 0.138. The molecule has 1 aliphatic heterocycles. The summed E-state index contributed by atoms with van der Waals surface area (Å²) in [4.78, 5) is 44.1. The van der Waals surface area contributed by atoms with Gasteiger partial charge in [-0.15, -0.1) is 0 Å². The first-order valence-electron chi connectivity index (χ1n) is 15.7. The van der Waals surface area contributed by atoms with E-state index in [0.29, 0.717) is 24.0 Å². The number of carbonyl (C=O) groups excluding carboxylic acids is 3. The lowest BCUT2D eigenvalue weighted by molar-refractivity contribution is -0.154. The van der Waals surface area contributed by atoms with Crippen molar-refractivity contribution in [1.82, 2.24) is 15.0 Å². The monoisotopic (exact) mass is 784 g/mol. The highest BCUT2D eigenvalue weighted by atomic mass is 35.5. The van der Waals surface area contributed by atoms with E-state index >= 15 is 0 Å². The number of fused-ring (bicyclic) bond motifs is 2. The molecule has 1 fully saturated rings. The van der Waals surface area contributed by atoms with Crippen LogP contribution in [0.15, 0.2) is 65.7 Å². The zero-order valence-electron chi connectivity index (χ0n) is 27.3. The van der Waals surface area contributed by atoms with Gasteiger partial charge in [-0.3, -0.25) is 19.4 Å². The molecule has 6 rings (SSSR count). The molecule has 2 aliphatic rings. The SMILES string of the molecule is Cc1cc(CC2(NC(=O)C(=O)NS(=O)(=O)c3ccccc3Cl)CC2)ccc1N1Cc2c(c(OCC(F)(F)F)c3cccnc3c2OCC(F)(F)F)C1=O. The van der Waals surface area contributed by atoms with Crippen molar-refractivity contribution in [3.8, 4) is 11.5 Å². The van der Waals surface area contributed by atoms with Crippen LogP contribution >= 0.6 is 11.6 Å². The van der Waals surface area contributed by atoms with Crippen LogP contribution in [0.5, 0.6) is 11.5 Å². The summed E-state index contributed by atoms with van der Waals surface area (Å²) in [7, 11) is -4.45. The van der Waals surface area contributed by atoms with Crippen LogP contribution in [0.2, 0.25) is 5.02 Å². The molecule has 4 aromatic rings. The first-order chi connectivity index (χ1) is 24.8. The van der Waals surface area contributed by atoms with Crippen molar-refractivity contribution in [2.75, 3.05) is 18.1 Å². The third-order valence-corrected chi connectivity index (χ3v) is 10.3. The second kappa shape index (κ2) is 13.7. The number of pyridine rings is 1. The van der Waals surface area contributed by atoms with Crippen LogP contribution in [-0.2, 0) is 32.6 Å². The van der Waals surface area contributed by atoms with Crippen molar-refractivity contribution in [3.05, 3.63) is 88.1 Å². The van der Waals surface area contributed by atoms with E-state index in [1.165, 1.54) is 53.6 Å². The zero-order valence-corrected chi connectivity index (χ0v) is 28.9. The summed E-state index contributed by atoms with van der Waals surface area (Å²) >= 11 is 5.93. The Labute approximate surface area is 302 Å². The number of nitrogens with zero attached hydrogens (tertiary/aromatic N) is 2. The van der Waals surface area contributed by atoms with E-state index in [0.717, 1.165) is 0 Å². The summed E-state index contributed by atoms with van der Waals surface area (Å²) in [6.45, 7) is -2.31. The summed E-state index contributed by atoms with van der Waals surface area (Å²) in [5.74, 6) is -4.39. The summed E-state index contributed by atoms with van der Waals surface area (Å²) in [5, 5.41) is 2.28. The van der Waals surface area contributed by atoms with Gasteiger partial charge in [-0.1, -0.05) is 35.9 Å². The van der Waals surface area contributed by atoms with Gasteiger partial charge in [-0.05, 0) is 67.6 Å². The maximum absolute atomic E-state index is 13.9. The molecule has 0 spiro atoms. The highest BCUT2D eigenvalue weighted by Gasteiger charge is 2.46. The smallest absolute Gasteiger partial charge is 0.422 e. The Kier molecular flexibility index (Phi) is 9.74. The zero-order chi connectivity index (χ0) is 38.5. The van der Waals surface area contributed by atoms with Crippen LogP contribution < -0.4 is 24.4 Å². The third-order valence-electron chi connectivity index (χ3n) is 8.49. The van der Waals surface area contributed by atoms with Gasteiger partial charge in [0.15, 0.2) is 19.0 Å². The van der Waals surface area contributed by atoms with Crippen LogP contribution in [0.4, 0.5) is 32.0 Å². The molecule has 3 amide bonds. The van der Waals surface area contributed by atoms with Gasteiger partial charge in [-0.25, -0.2) is 13.1 Å². The maximum Gasteiger partial charge on any atom is 0.422 e. The summed E-state index contributed by atoms with van der Waals surface area (Å²) in [6.07, 6.45) is -7.29. The number of sulfonamides is 1. The van der Waals surface area contributed by atoms with Gasteiger partial charge in [0, 0.05) is 28.4 Å². The Morgan fingerprint density at radius 1 is 0.943 bits per heavy atom. The van der Waals surface area contributed by atoms with Gasteiger partial charge in [-0.2, -0.15) is 26.3 Å². The Morgan fingerprint density at radius 3 is 2.23 bits per heavy atom. The van der Waals surface area contributed by atoms with Crippen LogP contribution in [0.3, 0.4) is 0 Å². The highest BCUT2D eigenvalue weighted by Crippen LogP contribution is 2.47. The molecule has 280 valence electrons. The lowest BCUT2D eigenvalue weighted by atomic mass is 10.0. The van der Waals surface area contributed by atoms with Gasteiger partial charge in [0.2, 0.25) is 0 Å². The fraction of sp³-hybridized carbons (Fsp3) is 0.294. The molecule has 2 heterocycles. The Hall–Kier alpha value is -5.10. The fourth-order valence-corrected chi connectivity index (χ4v) is 7.52. The molecule has 19 heteroatoms. The molecule has 2 N–H and O–H groups in total. The largest absolute Gasteiger partial charge is 0.483 e. The van der Waals surface area contributed by atoms with E-state index in [9.17, 15) is 49.1 Å². The topological polar surface area (TPSA) is 144 Å². The minimum Gasteiger partial charge on any atom is -0.483 e. The van der Waals surface area contributed by atoms with Crippen LogP contribution in [0, 0.1) is 6.92 Å². The molecule has 0 radical (unpaired) electrons. The standard InChI is InChI=1S/C34H27ClF6N4O7S/c1-18-13-19(14-32(10-11-32)43-29(46)30(47)44-53(49,50)24-7-3-2-6-22(24)35)8-9-23(18)45-15-21-25(31(45)48)27(51-16-33(36,37)38)20-5-4-12-42-26(20)28(21)52-17-34(39,40)41/h2-9,12-13H,10-11,14-17H2,1H3,(H,43,46)(H,44,47). The second-order valence-electron chi connectivity index (χ2n) is 12.5. The van der Waals surface area contributed by atoms with Crippen molar-refractivity contribution in [2.45, 2.75) is 55.5 Å². The van der Waals surface area contributed by atoms with E-state index in [-0.39, 0.29) is 45.0 Å². The number of nitrogens with one attached hydrogen (secondary N) is 2. The lowest BCUT2D eigenvalue weighted by Gasteiger charge is -2.21. The predicted octanol–water partition coefficient (Wildman–Crippen LogP) is 5.94. The molecule has 1 saturated carbocycles. The molecular weight excluding hydrogens is 758 g/mol. The average molecular weight is 785 g/mol. The number of alkyl halides is 6. The van der Waals surface area contributed by atoms with E-state index in [4.69, 9.17) is 21.1 Å². The molecule has 11 nitrogen and oxygen atoms in total. The molecule has 53 heavy (non-hydrogen) atoms. The van der Waals surface area contributed by atoms with Crippen LogP contribution in [0.25, 0.3) is 10.9 Å². The van der Waals surface area contributed by atoms with E-state index in [1.807, 2.05) is 0 Å². The normalized spacial score (nSPS) is 15.2. The number of aryl methyl sites for hydroxylation is 1. The van der Waals surface area contributed by atoms with E-state index in [2.05, 4.69) is 10.3 Å². The number of amides is 3. The number of hydrogen-bond donors (Lipinski definition) is 2. The van der Waals surface area contributed by atoms with Gasteiger partial charge in [0.1, 0.15) is 16.2 Å². The summed E-state index contributed by atoms with van der Waals surface area (Å²) in [5.41, 5.74) is -0.262. The molecule has 0 bridgehead atoms. The second-order valence-corrected chi connectivity index (χ2v) is 14.6. The summed E-state index contributed by atoms with van der Waals surface area (Å²) in [6, 6.07) is 12.7. The molecule has 3 aromatic carbocycles. The maximum atomic E-state index is 13.9. The number of hydrogen-bond acceptors (Lipinski definition) is 8. The van der Waals surface area contributed by atoms with Gasteiger partial charge >= 0.3 is 24.2 Å². The number of anilines is 1. The minimum atomic E-state index is -4.81. The number of carbonyl (C=O) groups is 3. The Morgan fingerprint density at radius 2 is 1.60 bits per heavy atom. The molecule has 0 saturated heterocycles. The number of aromatic nitrogens is 1. The molecule has 0 atom stereocenters. The lowest BCUT2D eigenvalue weighted by Crippen LogP contribution is -2.48. The molecule has 0 unspecified atom stereocenters. The fourth-order valence-electron chi connectivity index (χ4n) is 6.05. The number of halogens is 7. The van der Waals surface area contributed by atoms with Crippen molar-refractivity contribution >= 4 is 55.9 Å². The predicted molar refractivity (Wildman–Crippen MR) is 177 cm³/mol.